The molecule has 7 heteroatoms. The Hall–Kier alpha value is -1.01. The quantitative estimate of drug-likeness (QED) is 0.798. The van der Waals surface area contributed by atoms with Crippen LogP contribution in [0.3, 0.4) is 0 Å². The van der Waals surface area contributed by atoms with Crippen LogP contribution < -0.4 is 5.73 Å². The molecule has 0 spiro atoms. The fourth-order valence-corrected chi connectivity index (χ4v) is 2.90. The summed E-state index contributed by atoms with van der Waals surface area (Å²) in [6.07, 6.45) is -1.72. The average Bonchev–Trinajstić information content (AvgIpc) is 2.61. The summed E-state index contributed by atoms with van der Waals surface area (Å²) in [4.78, 5) is 12.8. The van der Waals surface area contributed by atoms with Gasteiger partial charge in [0.15, 0.2) is 0 Å². The van der Waals surface area contributed by atoms with Crippen LogP contribution in [0.5, 0.6) is 0 Å². The van der Waals surface area contributed by atoms with Gasteiger partial charge in [0.1, 0.15) is 0 Å². The topological polar surface area (TPSA) is 75.8 Å². The fourth-order valence-electron chi connectivity index (χ4n) is 2.60. The molecule has 1 heterocycles. The predicted molar refractivity (Wildman–Crippen MR) is 91.1 cm³/mol. The first-order chi connectivity index (χ1) is 10.6. The van der Waals surface area contributed by atoms with E-state index in [2.05, 4.69) is 0 Å². The molecule has 1 aliphatic heterocycles. The highest BCUT2D eigenvalue weighted by molar-refractivity contribution is 6.42. The van der Waals surface area contributed by atoms with Crippen LogP contribution in [0, 0.1) is 5.41 Å². The molecular weight excluding hydrogens is 339 g/mol. The van der Waals surface area contributed by atoms with Crippen LogP contribution in [-0.4, -0.2) is 41.3 Å². The molecule has 0 aromatic heterocycles. The molecule has 0 radical (unpaired) electrons. The highest BCUT2D eigenvalue weighted by Crippen LogP contribution is 2.35. The lowest BCUT2D eigenvalue weighted by Crippen LogP contribution is -2.43. The van der Waals surface area contributed by atoms with Crippen molar-refractivity contribution in [1.29, 1.82) is 0 Å². The van der Waals surface area contributed by atoms with Crippen LogP contribution in [0.1, 0.15) is 32.4 Å². The lowest BCUT2D eigenvalue weighted by Gasteiger charge is -2.33. The van der Waals surface area contributed by atoms with E-state index in [1.807, 2.05) is 26.8 Å². The van der Waals surface area contributed by atoms with Crippen molar-refractivity contribution in [3.05, 3.63) is 33.8 Å². The molecule has 0 unspecified atom stereocenters. The first-order valence-electron chi connectivity index (χ1n) is 7.43. The lowest BCUT2D eigenvalue weighted by atomic mass is 9.88. The summed E-state index contributed by atoms with van der Waals surface area (Å²) in [6.45, 7) is 6.53. The van der Waals surface area contributed by atoms with Crippen molar-refractivity contribution in [3.8, 4) is 0 Å². The number of ether oxygens (including phenoxy) is 1. The third kappa shape index (κ3) is 4.29. The molecule has 1 aromatic rings. The minimum atomic E-state index is -0.993. The molecule has 1 aromatic carbocycles. The summed E-state index contributed by atoms with van der Waals surface area (Å²) in [7, 11) is 0. The highest BCUT2D eigenvalue weighted by Gasteiger charge is 2.38. The maximum atomic E-state index is 11.4. The van der Waals surface area contributed by atoms with Gasteiger partial charge in [0.25, 0.3) is 0 Å². The second-order valence-corrected chi connectivity index (χ2v) is 7.75. The number of halogens is 2. The summed E-state index contributed by atoms with van der Waals surface area (Å²) in [5, 5.41) is 10.3. The third-order valence-corrected chi connectivity index (χ3v) is 4.76. The summed E-state index contributed by atoms with van der Waals surface area (Å²) < 4.78 is 6.22. The van der Waals surface area contributed by atoms with Crippen molar-refractivity contribution in [1.82, 2.24) is 4.90 Å². The number of carbonyl (C=O) groups is 1. The van der Waals surface area contributed by atoms with E-state index in [0.29, 0.717) is 10.0 Å². The molecule has 128 valence electrons. The number of nitrogens with two attached hydrogens (primary N) is 1. The van der Waals surface area contributed by atoms with E-state index in [0.717, 1.165) is 5.56 Å². The van der Waals surface area contributed by atoms with Crippen LogP contribution in [0.4, 0.5) is 4.79 Å². The van der Waals surface area contributed by atoms with E-state index in [1.54, 1.807) is 12.1 Å². The Morgan fingerprint density at radius 1 is 1.30 bits per heavy atom. The minimum absolute atomic E-state index is 0.201. The normalized spacial score (nSPS) is 26.0. The Bertz CT molecular complexity index is 589. The number of carboxylic acid groups (broad SMARTS) is 1. The van der Waals surface area contributed by atoms with Gasteiger partial charge in [0.2, 0.25) is 0 Å². The SMILES string of the molecule is CC(C)(C)[C@@H]1CN(C(=O)O)C[C@H](N)[C@H](c2ccc(Cl)c(Cl)c2)O1. The van der Waals surface area contributed by atoms with Gasteiger partial charge in [0.05, 0.1) is 34.8 Å². The Morgan fingerprint density at radius 3 is 2.48 bits per heavy atom. The molecule has 1 aliphatic rings. The van der Waals surface area contributed by atoms with Gasteiger partial charge in [-0.05, 0) is 23.1 Å². The van der Waals surface area contributed by atoms with Gasteiger partial charge in [-0.1, -0.05) is 50.0 Å². The van der Waals surface area contributed by atoms with Gasteiger partial charge < -0.3 is 20.5 Å². The van der Waals surface area contributed by atoms with Gasteiger partial charge >= 0.3 is 6.09 Å². The van der Waals surface area contributed by atoms with Gasteiger partial charge in [-0.15, -0.1) is 0 Å². The van der Waals surface area contributed by atoms with Gasteiger partial charge in [-0.2, -0.15) is 0 Å². The highest BCUT2D eigenvalue weighted by atomic mass is 35.5. The Kier molecular flexibility index (Phi) is 5.46. The molecular formula is C16H22Cl2N2O3. The van der Waals surface area contributed by atoms with E-state index in [9.17, 15) is 9.90 Å². The van der Waals surface area contributed by atoms with Crippen LogP contribution >= 0.6 is 23.2 Å². The summed E-state index contributed by atoms with van der Waals surface area (Å²) >= 11 is 12.1. The standard InChI is InChI=1S/C16H22Cl2N2O3/c1-16(2,3)13-8-20(15(21)22)7-12(19)14(23-13)9-4-5-10(17)11(18)6-9/h4-6,12-14H,7-8,19H2,1-3H3,(H,21,22)/t12-,13-,14-/m0/s1. The zero-order chi connectivity index (χ0) is 17.4. The smallest absolute Gasteiger partial charge is 0.407 e. The number of rotatable bonds is 1. The van der Waals surface area contributed by atoms with Gasteiger partial charge in [-0.3, -0.25) is 0 Å². The predicted octanol–water partition coefficient (Wildman–Crippen LogP) is 3.79. The van der Waals surface area contributed by atoms with Crippen LogP contribution in [-0.2, 0) is 4.74 Å². The van der Waals surface area contributed by atoms with Crippen LogP contribution in [0.15, 0.2) is 18.2 Å². The first kappa shape index (κ1) is 18.3. The number of nitrogens with zero attached hydrogens (tertiary/aromatic N) is 1. The zero-order valence-electron chi connectivity index (χ0n) is 13.4. The first-order valence-corrected chi connectivity index (χ1v) is 8.19. The summed E-state index contributed by atoms with van der Waals surface area (Å²) in [5.41, 5.74) is 6.80. The van der Waals surface area contributed by atoms with Crippen LogP contribution in [0.2, 0.25) is 10.0 Å². The molecule has 0 saturated carbocycles. The largest absolute Gasteiger partial charge is 0.465 e. The fraction of sp³-hybridized carbons (Fsp3) is 0.562. The number of amides is 1. The number of hydrogen-bond acceptors (Lipinski definition) is 3. The van der Waals surface area contributed by atoms with Gasteiger partial charge in [0, 0.05) is 6.54 Å². The number of hydrogen-bond donors (Lipinski definition) is 2. The maximum Gasteiger partial charge on any atom is 0.407 e. The molecule has 23 heavy (non-hydrogen) atoms. The van der Waals surface area contributed by atoms with E-state index in [-0.39, 0.29) is 24.6 Å². The van der Waals surface area contributed by atoms with E-state index >= 15 is 0 Å². The van der Waals surface area contributed by atoms with E-state index < -0.39 is 18.2 Å². The summed E-state index contributed by atoms with van der Waals surface area (Å²) in [6, 6.07) is 4.75. The van der Waals surface area contributed by atoms with Crippen LogP contribution in [0.25, 0.3) is 0 Å². The molecule has 1 saturated heterocycles. The molecule has 3 atom stereocenters. The van der Waals surface area contributed by atoms with Crippen molar-refractivity contribution >= 4 is 29.3 Å². The molecule has 0 bridgehead atoms. The van der Waals surface area contributed by atoms with Crippen molar-refractivity contribution in [3.63, 3.8) is 0 Å². The maximum absolute atomic E-state index is 11.4. The Labute approximate surface area is 146 Å². The number of benzene rings is 1. The average molecular weight is 361 g/mol. The molecule has 5 nitrogen and oxygen atoms in total. The van der Waals surface area contributed by atoms with Crippen molar-refractivity contribution < 1.29 is 14.6 Å². The Balaban J connectivity index is 2.37. The molecule has 0 aliphatic carbocycles. The zero-order valence-corrected chi connectivity index (χ0v) is 14.9. The molecule has 3 N–H and O–H groups in total. The molecule has 2 rings (SSSR count). The molecule has 1 fully saturated rings. The lowest BCUT2D eigenvalue weighted by molar-refractivity contribution is -0.0669. The minimum Gasteiger partial charge on any atom is -0.465 e. The van der Waals surface area contributed by atoms with E-state index in [1.165, 1.54) is 4.90 Å². The van der Waals surface area contributed by atoms with Crippen molar-refractivity contribution in [2.45, 2.75) is 39.0 Å². The van der Waals surface area contributed by atoms with Gasteiger partial charge in [-0.25, -0.2) is 4.79 Å². The summed E-state index contributed by atoms with van der Waals surface area (Å²) in [5.74, 6) is 0. The second-order valence-electron chi connectivity index (χ2n) is 6.94. The third-order valence-electron chi connectivity index (χ3n) is 4.03. The van der Waals surface area contributed by atoms with Crippen molar-refractivity contribution in [2.24, 2.45) is 11.1 Å². The molecule has 1 amide bonds. The Morgan fingerprint density at radius 2 is 1.96 bits per heavy atom. The van der Waals surface area contributed by atoms with E-state index in [4.69, 9.17) is 33.7 Å². The second kappa shape index (κ2) is 6.85. The monoisotopic (exact) mass is 360 g/mol. The van der Waals surface area contributed by atoms with Crippen molar-refractivity contribution in [2.75, 3.05) is 13.1 Å².